The van der Waals surface area contributed by atoms with Crippen LogP contribution in [0.15, 0.2) is 48.7 Å². The van der Waals surface area contributed by atoms with Gasteiger partial charge in [0.1, 0.15) is 11.5 Å². The van der Waals surface area contributed by atoms with E-state index in [4.69, 9.17) is 0 Å². The maximum Gasteiger partial charge on any atom is 0.168 e. The Labute approximate surface area is 111 Å². The van der Waals surface area contributed by atoms with Crippen molar-refractivity contribution in [2.24, 2.45) is 0 Å². The normalized spacial score (nSPS) is 10.8. The van der Waals surface area contributed by atoms with Gasteiger partial charge in [-0.05, 0) is 17.7 Å². The Balaban J connectivity index is 2.30. The Morgan fingerprint density at radius 1 is 1.16 bits per heavy atom. The van der Waals surface area contributed by atoms with Crippen molar-refractivity contribution >= 4 is 17.1 Å². The highest BCUT2D eigenvalue weighted by atomic mass is 16.1. The number of rotatable bonds is 3. The molecule has 0 radical (unpaired) electrons. The summed E-state index contributed by atoms with van der Waals surface area (Å²) in [7, 11) is 0. The monoisotopic (exact) mass is 250 g/mol. The number of aldehydes is 1. The fraction of sp³-hybridized carbons (Fsp3) is 0.125. The van der Waals surface area contributed by atoms with Gasteiger partial charge in [-0.25, -0.2) is 4.98 Å². The summed E-state index contributed by atoms with van der Waals surface area (Å²) < 4.78 is 1.94. The summed E-state index contributed by atoms with van der Waals surface area (Å²) >= 11 is 0. The maximum absolute atomic E-state index is 11.0. The van der Waals surface area contributed by atoms with Gasteiger partial charge in [0.25, 0.3) is 0 Å². The molecule has 3 rings (SSSR count). The molecule has 3 nitrogen and oxygen atoms in total. The molecule has 0 saturated carbocycles. The molecule has 19 heavy (non-hydrogen) atoms. The second-order valence-corrected chi connectivity index (χ2v) is 4.40. The van der Waals surface area contributed by atoms with Crippen LogP contribution < -0.4 is 0 Å². The average Bonchev–Trinajstić information content (AvgIpc) is 2.89. The Morgan fingerprint density at radius 2 is 1.95 bits per heavy atom. The van der Waals surface area contributed by atoms with Crippen molar-refractivity contribution in [3.8, 4) is 11.4 Å². The van der Waals surface area contributed by atoms with Gasteiger partial charge in [0.05, 0.1) is 6.20 Å². The zero-order valence-electron chi connectivity index (χ0n) is 10.7. The first-order chi connectivity index (χ1) is 9.35. The molecule has 0 atom stereocenters. The molecule has 0 saturated heterocycles. The smallest absolute Gasteiger partial charge is 0.168 e. The van der Waals surface area contributed by atoms with E-state index in [1.807, 2.05) is 35.8 Å². The molecule has 94 valence electrons. The molecule has 0 fully saturated rings. The van der Waals surface area contributed by atoms with Crippen molar-refractivity contribution in [2.45, 2.75) is 13.5 Å². The van der Waals surface area contributed by atoms with Crippen LogP contribution in [0.5, 0.6) is 0 Å². The Bertz CT molecular complexity index is 738. The van der Waals surface area contributed by atoms with Gasteiger partial charge in [0.2, 0.25) is 0 Å². The summed E-state index contributed by atoms with van der Waals surface area (Å²) in [4.78, 5) is 15.4. The van der Waals surface area contributed by atoms with Crippen LogP contribution in [0.25, 0.3) is 22.2 Å². The van der Waals surface area contributed by atoms with E-state index in [1.54, 1.807) is 6.20 Å². The predicted octanol–water partition coefficient (Wildman–Crippen LogP) is 3.54. The van der Waals surface area contributed by atoms with E-state index in [0.717, 1.165) is 29.6 Å². The molecule has 0 bridgehead atoms. The van der Waals surface area contributed by atoms with Crippen molar-refractivity contribution in [1.29, 1.82) is 0 Å². The van der Waals surface area contributed by atoms with Crippen molar-refractivity contribution in [3.05, 3.63) is 54.4 Å². The van der Waals surface area contributed by atoms with E-state index in [0.29, 0.717) is 5.69 Å². The van der Waals surface area contributed by atoms with Crippen LogP contribution in [0.3, 0.4) is 0 Å². The number of aromatic nitrogens is 2. The number of hydrogen-bond donors (Lipinski definition) is 0. The molecule has 0 amide bonds. The largest absolute Gasteiger partial charge is 0.322 e. The van der Waals surface area contributed by atoms with Crippen LogP contribution in [0, 0.1) is 0 Å². The Kier molecular flexibility index (Phi) is 2.88. The van der Waals surface area contributed by atoms with Crippen molar-refractivity contribution in [1.82, 2.24) is 9.55 Å². The molecule has 0 aliphatic heterocycles. The summed E-state index contributed by atoms with van der Waals surface area (Å²) in [5.74, 6) is 0.849. The third kappa shape index (κ3) is 1.83. The van der Waals surface area contributed by atoms with E-state index in [9.17, 15) is 4.79 Å². The second-order valence-electron chi connectivity index (χ2n) is 4.40. The van der Waals surface area contributed by atoms with Gasteiger partial charge in [-0.3, -0.25) is 4.79 Å². The average molecular weight is 250 g/mol. The lowest BCUT2D eigenvalue weighted by atomic mass is 10.0. The maximum atomic E-state index is 11.0. The second kappa shape index (κ2) is 4.69. The van der Waals surface area contributed by atoms with Gasteiger partial charge >= 0.3 is 0 Å². The lowest BCUT2D eigenvalue weighted by molar-refractivity contribution is 0.111. The van der Waals surface area contributed by atoms with E-state index in [-0.39, 0.29) is 0 Å². The van der Waals surface area contributed by atoms with Crippen LogP contribution in [-0.4, -0.2) is 15.8 Å². The Hall–Kier alpha value is -2.42. The van der Waals surface area contributed by atoms with Crippen LogP contribution >= 0.6 is 0 Å². The summed E-state index contributed by atoms with van der Waals surface area (Å²) in [6, 6.07) is 14.4. The molecule has 0 aliphatic rings. The van der Waals surface area contributed by atoms with E-state index < -0.39 is 0 Å². The van der Waals surface area contributed by atoms with Crippen molar-refractivity contribution < 1.29 is 4.79 Å². The van der Waals surface area contributed by atoms with E-state index >= 15 is 0 Å². The number of fused-ring (bicyclic) bond motifs is 1. The molecule has 2 aromatic carbocycles. The lowest BCUT2D eigenvalue weighted by Crippen LogP contribution is -2.02. The molecule has 0 unspecified atom stereocenters. The minimum absolute atomic E-state index is 0.616. The van der Waals surface area contributed by atoms with Crippen LogP contribution in [0.4, 0.5) is 0 Å². The Morgan fingerprint density at radius 3 is 2.74 bits per heavy atom. The van der Waals surface area contributed by atoms with Crippen LogP contribution in [0.2, 0.25) is 0 Å². The van der Waals surface area contributed by atoms with Gasteiger partial charge < -0.3 is 4.57 Å². The molecule has 0 N–H and O–H groups in total. The zero-order valence-corrected chi connectivity index (χ0v) is 10.7. The molecule has 3 aromatic rings. The topological polar surface area (TPSA) is 34.9 Å². The standard InChI is InChI=1S/C16H14N2O/c1-2-18-13(11-19)10-17-16(18)15-9-5-7-12-6-3-4-8-14(12)15/h3-11H,2H2,1H3. The van der Waals surface area contributed by atoms with Crippen molar-refractivity contribution in [3.63, 3.8) is 0 Å². The number of benzene rings is 2. The quantitative estimate of drug-likeness (QED) is 0.666. The number of hydrogen-bond acceptors (Lipinski definition) is 2. The molecule has 1 heterocycles. The number of imidazole rings is 1. The lowest BCUT2D eigenvalue weighted by Gasteiger charge is -2.09. The van der Waals surface area contributed by atoms with E-state index in [1.165, 1.54) is 5.39 Å². The van der Waals surface area contributed by atoms with Gasteiger partial charge in [0.15, 0.2) is 6.29 Å². The SMILES string of the molecule is CCn1c(C=O)cnc1-c1cccc2ccccc12. The summed E-state index contributed by atoms with van der Waals surface area (Å²) in [6.45, 7) is 2.75. The molecular formula is C16H14N2O. The molecule has 3 heteroatoms. The highest BCUT2D eigenvalue weighted by molar-refractivity contribution is 5.95. The molecule has 0 spiro atoms. The zero-order chi connectivity index (χ0) is 13.2. The summed E-state index contributed by atoms with van der Waals surface area (Å²) in [5.41, 5.74) is 1.68. The fourth-order valence-electron chi connectivity index (χ4n) is 2.45. The molecular weight excluding hydrogens is 236 g/mol. The van der Waals surface area contributed by atoms with Crippen LogP contribution in [-0.2, 0) is 6.54 Å². The third-order valence-electron chi connectivity index (χ3n) is 3.35. The highest BCUT2D eigenvalue weighted by Gasteiger charge is 2.12. The minimum atomic E-state index is 0.616. The first kappa shape index (κ1) is 11.7. The number of carbonyl (C=O) groups is 1. The first-order valence-electron chi connectivity index (χ1n) is 6.34. The summed E-state index contributed by atoms with van der Waals surface area (Å²) in [6.07, 6.45) is 2.48. The van der Waals surface area contributed by atoms with Gasteiger partial charge in [-0.1, -0.05) is 42.5 Å². The van der Waals surface area contributed by atoms with Crippen molar-refractivity contribution in [2.75, 3.05) is 0 Å². The molecule has 0 aliphatic carbocycles. The third-order valence-corrected chi connectivity index (χ3v) is 3.35. The van der Waals surface area contributed by atoms with Gasteiger partial charge in [-0.15, -0.1) is 0 Å². The number of nitrogens with zero attached hydrogens (tertiary/aromatic N) is 2. The molecule has 1 aromatic heterocycles. The highest BCUT2D eigenvalue weighted by Crippen LogP contribution is 2.28. The fourth-order valence-corrected chi connectivity index (χ4v) is 2.45. The van der Waals surface area contributed by atoms with Crippen LogP contribution in [0.1, 0.15) is 17.4 Å². The minimum Gasteiger partial charge on any atom is -0.322 e. The van der Waals surface area contributed by atoms with Gasteiger partial charge in [0, 0.05) is 12.1 Å². The first-order valence-corrected chi connectivity index (χ1v) is 6.34. The van der Waals surface area contributed by atoms with E-state index in [2.05, 4.69) is 23.2 Å². The predicted molar refractivity (Wildman–Crippen MR) is 76.2 cm³/mol. The summed E-state index contributed by atoms with van der Waals surface area (Å²) in [5, 5.41) is 2.33. The van der Waals surface area contributed by atoms with Gasteiger partial charge in [-0.2, -0.15) is 0 Å². The number of carbonyl (C=O) groups excluding carboxylic acids is 1.